The summed E-state index contributed by atoms with van der Waals surface area (Å²) in [4.78, 5) is -1.04. The molecule has 3 aromatic rings. The summed E-state index contributed by atoms with van der Waals surface area (Å²) in [5.41, 5.74) is 2.69. The molecule has 0 bridgehead atoms. The molecule has 0 aliphatic rings. The fourth-order valence-corrected chi connectivity index (χ4v) is 9.68. The van der Waals surface area contributed by atoms with Gasteiger partial charge in [-0.05, 0) is 117 Å². The molecule has 40 heavy (non-hydrogen) atoms. The van der Waals surface area contributed by atoms with E-state index in [1.54, 1.807) is 39.0 Å². The van der Waals surface area contributed by atoms with Crippen molar-refractivity contribution in [2.45, 2.75) is 56.2 Å². The molecule has 0 radical (unpaired) electrons. The fourth-order valence-electron chi connectivity index (χ4n) is 4.41. The molecule has 0 aromatic heterocycles. The summed E-state index contributed by atoms with van der Waals surface area (Å²) >= 11 is 0. The molecule has 9 nitrogen and oxygen atoms in total. The molecule has 16 heteroatoms. The Balaban J connectivity index is -0.00000127. The minimum Gasteiger partial charge on any atom is -1.00 e. The van der Waals surface area contributed by atoms with Crippen molar-refractivity contribution in [1.82, 2.24) is 0 Å². The number of hydrogen-bond acceptors (Lipinski definition) is 6. The Morgan fingerprint density at radius 3 is 0.825 bits per heavy atom. The van der Waals surface area contributed by atoms with E-state index in [2.05, 4.69) is 0 Å². The van der Waals surface area contributed by atoms with E-state index in [0.717, 1.165) is 0 Å². The maximum atomic E-state index is 12.1. The van der Waals surface area contributed by atoms with Crippen molar-refractivity contribution in [1.29, 1.82) is 0 Å². The first-order valence-corrected chi connectivity index (χ1v) is 16.5. The van der Waals surface area contributed by atoms with Gasteiger partial charge in [0.2, 0.25) is 0 Å². The molecule has 0 aliphatic carbocycles. The van der Waals surface area contributed by atoms with Crippen LogP contribution in [-0.4, -0.2) is 38.9 Å². The van der Waals surface area contributed by atoms with Gasteiger partial charge in [-0.1, -0.05) is 18.2 Å². The van der Waals surface area contributed by atoms with Gasteiger partial charge in [0.15, 0.2) is 0 Å². The van der Waals surface area contributed by atoms with Crippen molar-refractivity contribution in [3.63, 3.8) is 0 Å². The first-order valence-electron chi connectivity index (χ1n) is 10.8. The van der Waals surface area contributed by atoms with E-state index in [4.69, 9.17) is 0 Å². The van der Waals surface area contributed by atoms with Crippen molar-refractivity contribution in [3.05, 3.63) is 69.8 Å². The van der Waals surface area contributed by atoms with Gasteiger partial charge in [-0.25, -0.2) is 0 Å². The molecule has 206 valence electrons. The summed E-state index contributed by atoms with van der Waals surface area (Å²) in [5.74, 6) is 0. The Morgan fingerprint density at radius 1 is 0.450 bits per heavy atom. The summed E-state index contributed by atoms with van der Waals surface area (Å²) in [5, 5.41) is 1.24. The van der Waals surface area contributed by atoms with Gasteiger partial charge in [-0.2, -0.15) is 25.3 Å². The third kappa shape index (κ3) is 8.94. The fraction of sp³-hybridized carbons (Fsp3) is 0.250. The average Bonchev–Trinajstić information content (AvgIpc) is 2.69. The maximum absolute atomic E-state index is 12.1. The Morgan fingerprint density at radius 2 is 0.650 bits per heavy atom. The van der Waals surface area contributed by atoms with Crippen LogP contribution in [0.4, 0.5) is 0 Å². The smallest absolute Gasteiger partial charge is 1.00 e. The summed E-state index contributed by atoms with van der Waals surface area (Å²) in [6, 6.07) is 8.58. The van der Waals surface area contributed by atoms with Gasteiger partial charge < -0.3 is 4.28 Å². The van der Waals surface area contributed by atoms with E-state index in [-0.39, 0.29) is 124 Å². The van der Waals surface area contributed by atoms with Crippen LogP contribution in [0.25, 0.3) is 0 Å². The van der Waals surface area contributed by atoms with Crippen LogP contribution in [0.3, 0.4) is 0 Å². The predicted molar refractivity (Wildman–Crippen MR) is 146 cm³/mol. The van der Waals surface area contributed by atoms with Crippen LogP contribution in [0.15, 0.2) is 51.1 Å². The summed E-state index contributed by atoms with van der Waals surface area (Å²) in [7, 11) is -15.7. The van der Waals surface area contributed by atoms with Gasteiger partial charge >= 0.3 is 88.7 Å². The Bertz CT molecular complexity index is 1580. The molecule has 0 aliphatic heterocycles. The summed E-state index contributed by atoms with van der Waals surface area (Å²) in [6.45, 7) is 9.69. The second-order valence-corrected chi connectivity index (χ2v) is 15.3. The van der Waals surface area contributed by atoms with Gasteiger partial charge in [0.1, 0.15) is 0 Å². The standard InChI is InChI=1S/C24H27O9PS3.3Na.3H/c1-13-7-16(4)22(35(25,26)27)10-19(13)34(20-11-23(36(28,29)30)17(5)8-14(20)2)21-12-24(37(31,32)33)18(6)9-15(21)3;;;;;;/h7-12H,1-6H3,(H,25,26,27)(H,28,29,30)(H,31,32,33);;;;;;/q;3*+1;3*-1. The first-order chi connectivity index (χ1) is 16.7. The molecule has 0 atom stereocenters. The Kier molecular flexibility index (Phi) is 15.0. The third-order valence-corrected chi connectivity index (χ3v) is 11.9. The van der Waals surface area contributed by atoms with Crippen LogP contribution in [0.5, 0.6) is 0 Å². The predicted octanol–water partition coefficient (Wildman–Crippen LogP) is -5.62. The molecular formula is C24H30Na3O9PS3. The monoisotopic (exact) mass is 658 g/mol. The topological polar surface area (TPSA) is 163 Å². The van der Waals surface area contributed by atoms with E-state index >= 15 is 0 Å². The molecule has 0 saturated heterocycles. The number of hydrogen-bond donors (Lipinski definition) is 3. The molecule has 0 unspecified atom stereocenters. The minimum atomic E-state index is -4.63. The normalized spacial score (nSPS) is 11.8. The van der Waals surface area contributed by atoms with Crippen LogP contribution in [0.2, 0.25) is 0 Å². The van der Waals surface area contributed by atoms with E-state index < -0.39 is 38.3 Å². The Hall–Kier alpha value is 0.820. The second-order valence-electron chi connectivity index (χ2n) is 8.97. The maximum Gasteiger partial charge on any atom is 1.00 e. The molecule has 3 rings (SSSR count). The quantitative estimate of drug-likeness (QED) is 0.133. The van der Waals surface area contributed by atoms with E-state index in [1.165, 1.54) is 39.0 Å². The Labute approximate surface area is 308 Å². The van der Waals surface area contributed by atoms with Crippen LogP contribution >= 0.6 is 7.92 Å². The minimum absolute atomic E-state index is 0. The molecule has 0 amide bonds. The molecule has 3 N–H and O–H groups in total. The van der Waals surface area contributed by atoms with Crippen LogP contribution < -0.4 is 105 Å². The van der Waals surface area contributed by atoms with Crippen molar-refractivity contribution >= 4 is 54.2 Å². The number of aryl methyl sites for hydroxylation is 6. The van der Waals surface area contributed by atoms with Gasteiger partial charge in [0, 0.05) is 0 Å². The zero-order valence-electron chi connectivity index (χ0n) is 26.9. The van der Waals surface area contributed by atoms with Crippen LogP contribution in [0, 0.1) is 41.5 Å². The van der Waals surface area contributed by atoms with Crippen molar-refractivity contribution in [2.75, 3.05) is 0 Å². The van der Waals surface area contributed by atoms with Gasteiger partial charge in [-0.15, -0.1) is 0 Å². The van der Waals surface area contributed by atoms with Crippen LogP contribution in [-0.2, 0) is 30.4 Å². The van der Waals surface area contributed by atoms with Crippen molar-refractivity contribution < 1.29 is 132 Å². The molecule has 0 spiro atoms. The SMILES string of the molecule is Cc1cc(C)c(S(=O)(=O)O)cc1P(c1cc(S(=O)(=O)O)c(C)cc1C)c1cc(S(=O)(=O)O)c(C)cc1C.[H-].[H-].[H-].[Na+].[Na+].[Na+]. The largest absolute Gasteiger partial charge is 1.00 e. The second kappa shape index (κ2) is 14.7. The third-order valence-electron chi connectivity index (χ3n) is 6.04. The summed E-state index contributed by atoms with van der Waals surface area (Å²) < 4.78 is 102. The first kappa shape index (κ1) is 40.8. The van der Waals surface area contributed by atoms with Crippen LogP contribution in [0.1, 0.15) is 37.7 Å². The zero-order valence-corrected chi connectivity index (χ0v) is 33.3. The van der Waals surface area contributed by atoms with Gasteiger partial charge in [-0.3, -0.25) is 13.7 Å². The molecular weight excluding hydrogens is 628 g/mol. The van der Waals surface area contributed by atoms with E-state index in [0.29, 0.717) is 32.6 Å². The van der Waals surface area contributed by atoms with E-state index in [9.17, 15) is 38.9 Å². The number of rotatable bonds is 6. The number of benzene rings is 3. The average molecular weight is 659 g/mol. The summed E-state index contributed by atoms with van der Waals surface area (Å²) in [6.07, 6.45) is 0. The molecule has 0 fully saturated rings. The van der Waals surface area contributed by atoms with Gasteiger partial charge in [0.25, 0.3) is 30.4 Å². The van der Waals surface area contributed by atoms with E-state index in [1.807, 2.05) is 0 Å². The van der Waals surface area contributed by atoms with Crippen molar-refractivity contribution in [3.8, 4) is 0 Å². The molecule has 0 saturated carbocycles. The van der Waals surface area contributed by atoms with Crippen molar-refractivity contribution in [2.24, 2.45) is 0 Å². The van der Waals surface area contributed by atoms with Gasteiger partial charge in [0.05, 0.1) is 14.7 Å². The zero-order chi connectivity index (χ0) is 28.2. The molecule has 0 heterocycles. The molecule has 3 aromatic carbocycles.